The van der Waals surface area contributed by atoms with Gasteiger partial charge >= 0.3 is 12.0 Å². The van der Waals surface area contributed by atoms with E-state index in [-0.39, 0.29) is 18.0 Å². The van der Waals surface area contributed by atoms with Crippen LogP contribution >= 0.6 is 0 Å². The minimum atomic E-state index is -0.790. The molecule has 2 amide bonds. The highest BCUT2D eigenvalue weighted by Crippen LogP contribution is 2.54. The minimum Gasteiger partial charge on any atom is -0.481 e. The zero-order chi connectivity index (χ0) is 19.1. The van der Waals surface area contributed by atoms with E-state index in [0.717, 1.165) is 69.4 Å². The molecule has 1 aromatic carbocycles. The van der Waals surface area contributed by atoms with Gasteiger partial charge in [0.25, 0.3) is 0 Å². The molecule has 5 rings (SSSR count). The summed E-state index contributed by atoms with van der Waals surface area (Å²) in [7, 11) is 0. The fourth-order valence-electron chi connectivity index (χ4n) is 5.27. The number of rotatable bonds is 6. The van der Waals surface area contributed by atoms with Crippen LogP contribution in [0.15, 0.2) is 24.3 Å². The van der Waals surface area contributed by atoms with Crippen molar-refractivity contribution in [3.63, 3.8) is 0 Å². The molecule has 1 aliphatic heterocycles. The number of nitrogens with two attached hydrogens (primary N) is 1. The SMILES string of the molecule is NCC12CCC(N3CCN(c4ccc(CCC(=O)O)cc4)C3=O)(CC1)CC2. The van der Waals surface area contributed by atoms with Crippen LogP contribution in [0.3, 0.4) is 0 Å². The molecule has 0 unspecified atom stereocenters. The van der Waals surface area contributed by atoms with Crippen LogP contribution in [-0.4, -0.2) is 47.2 Å². The number of hydrogen-bond acceptors (Lipinski definition) is 3. The monoisotopic (exact) mass is 371 g/mol. The number of aryl methyl sites for hydroxylation is 1. The molecule has 0 spiro atoms. The number of anilines is 1. The van der Waals surface area contributed by atoms with Crippen LogP contribution in [0.25, 0.3) is 0 Å². The van der Waals surface area contributed by atoms with Gasteiger partial charge in [0.15, 0.2) is 0 Å². The molecule has 3 aliphatic carbocycles. The zero-order valence-electron chi connectivity index (χ0n) is 15.8. The lowest BCUT2D eigenvalue weighted by molar-refractivity contribution is -0.136. The third kappa shape index (κ3) is 3.20. The van der Waals surface area contributed by atoms with E-state index in [9.17, 15) is 9.59 Å². The molecule has 1 heterocycles. The van der Waals surface area contributed by atoms with E-state index in [0.29, 0.717) is 11.8 Å². The van der Waals surface area contributed by atoms with Crippen molar-refractivity contribution in [2.45, 2.75) is 56.9 Å². The van der Waals surface area contributed by atoms with Gasteiger partial charge in [-0.25, -0.2) is 4.79 Å². The highest BCUT2D eigenvalue weighted by Gasteiger charge is 2.53. The number of benzene rings is 1. The minimum absolute atomic E-state index is 0.0319. The quantitative estimate of drug-likeness (QED) is 0.805. The summed E-state index contributed by atoms with van der Waals surface area (Å²) in [6, 6.07) is 7.87. The number of amides is 2. The number of carbonyl (C=O) groups excluding carboxylic acids is 1. The van der Waals surface area contributed by atoms with Crippen LogP contribution in [0.2, 0.25) is 0 Å². The second-order valence-electron chi connectivity index (χ2n) is 8.57. The lowest BCUT2D eigenvalue weighted by Gasteiger charge is -2.56. The fourth-order valence-corrected chi connectivity index (χ4v) is 5.27. The van der Waals surface area contributed by atoms with E-state index in [4.69, 9.17) is 10.8 Å². The van der Waals surface area contributed by atoms with Crippen molar-refractivity contribution in [1.29, 1.82) is 0 Å². The van der Waals surface area contributed by atoms with E-state index in [1.54, 1.807) is 0 Å². The van der Waals surface area contributed by atoms with Crippen LogP contribution in [0.4, 0.5) is 10.5 Å². The number of urea groups is 1. The number of carboxylic acid groups (broad SMARTS) is 1. The smallest absolute Gasteiger partial charge is 0.325 e. The molecule has 0 atom stereocenters. The van der Waals surface area contributed by atoms with Crippen molar-refractivity contribution in [2.75, 3.05) is 24.5 Å². The molecular weight excluding hydrogens is 342 g/mol. The van der Waals surface area contributed by atoms with Crippen LogP contribution in [0.5, 0.6) is 0 Å². The van der Waals surface area contributed by atoms with E-state index in [2.05, 4.69) is 4.90 Å². The second-order valence-corrected chi connectivity index (χ2v) is 8.57. The Morgan fingerprint density at radius 3 is 2.22 bits per heavy atom. The van der Waals surface area contributed by atoms with Gasteiger partial charge in [0, 0.05) is 30.7 Å². The molecule has 146 valence electrons. The molecule has 6 nitrogen and oxygen atoms in total. The van der Waals surface area contributed by atoms with Crippen molar-refractivity contribution in [1.82, 2.24) is 4.90 Å². The van der Waals surface area contributed by atoms with Crippen molar-refractivity contribution < 1.29 is 14.7 Å². The first-order chi connectivity index (χ1) is 13.0. The summed E-state index contributed by atoms with van der Waals surface area (Å²) in [5.74, 6) is -0.790. The molecule has 0 aromatic heterocycles. The summed E-state index contributed by atoms with van der Waals surface area (Å²) in [6.07, 6.45) is 7.32. The first kappa shape index (κ1) is 18.3. The number of hydrogen-bond donors (Lipinski definition) is 2. The van der Waals surface area contributed by atoms with Crippen LogP contribution in [-0.2, 0) is 11.2 Å². The van der Waals surface area contributed by atoms with Gasteiger partial charge in [-0.2, -0.15) is 0 Å². The third-order valence-electron chi connectivity index (χ3n) is 7.25. The van der Waals surface area contributed by atoms with E-state index in [1.807, 2.05) is 29.2 Å². The maximum absolute atomic E-state index is 13.2. The summed E-state index contributed by atoms with van der Waals surface area (Å²) < 4.78 is 0. The van der Waals surface area contributed by atoms with Crippen LogP contribution < -0.4 is 10.6 Å². The van der Waals surface area contributed by atoms with Gasteiger partial charge in [0.1, 0.15) is 0 Å². The summed E-state index contributed by atoms with van der Waals surface area (Å²) in [5, 5.41) is 8.81. The largest absolute Gasteiger partial charge is 0.481 e. The summed E-state index contributed by atoms with van der Waals surface area (Å²) in [6.45, 7) is 2.28. The number of carboxylic acids is 1. The number of nitrogens with zero attached hydrogens (tertiary/aromatic N) is 2. The molecule has 6 heteroatoms. The average molecular weight is 371 g/mol. The number of fused-ring (bicyclic) bond motifs is 3. The highest BCUT2D eigenvalue weighted by molar-refractivity contribution is 5.94. The zero-order valence-corrected chi connectivity index (χ0v) is 15.8. The molecule has 4 aliphatic rings. The Morgan fingerprint density at radius 2 is 1.67 bits per heavy atom. The topological polar surface area (TPSA) is 86.9 Å². The predicted molar refractivity (Wildman–Crippen MR) is 104 cm³/mol. The van der Waals surface area contributed by atoms with Crippen molar-refractivity contribution >= 4 is 17.7 Å². The molecule has 0 radical (unpaired) electrons. The summed E-state index contributed by atoms with van der Waals surface area (Å²) in [4.78, 5) is 27.9. The molecule has 4 fully saturated rings. The van der Waals surface area contributed by atoms with E-state index < -0.39 is 5.97 Å². The van der Waals surface area contributed by atoms with Gasteiger partial charge in [-0.3, -0.25) is 9.69 Å². The standard InChI is InChI=1S/C21H29N3O3/c22-15-20-7-10-21(11-8-20,12-9-20)24-14-13-23(19(24)27)17-4-1-16(2-5-17)3-6-18(25)26/h1-2,4-5H,3,6-15,22H2,(H,25,26). The normalized spacial score (nSPS) is 30.2. The first-order valence-electron chi connectivity index (χ1n) is 10.1. The van der Waals surface area contributed by atoms with Crippen molar-refractivity contribution in [3.05, 3.63) is 29.8 Å². The third-order valence-corrected chi connectivity index (χ3v) is 7.25. The molecule has 3 saturated carbocycles. The van der Waals surface area contributed by atoms with Gasteiger partial charge < -0.3 is 15.7 Å². The fraction of sp³-hybridized carbons (Fsp3) is 0.619. The Morgan fingerprint density at radius 1 is 1.04 bits per heavy atom. The van der Waals surface area contributed by atoms with Gasteiger partial charge in [0.05, 0.1) is 0 Å². The maximum Gasteiger partial charge on any atom is 0.325 e. The van der Waals surface area contributed by atoms with Gasteiger partial charge in [-0.15, -0.1) is 0 Å². The maximum atomic E-state index is 13.2. The predicted octanol–water partition coefficient (Wildman–Crippen LogP) is 3.00. The first-order valence-corrected chi connectivity index (χ1v) is 10.1. The lowest BCUT2D eigenvalue weighted by Crippen LogP contribution is -2.59. The van der Waals surface area contributed by atoms with Crippen molar-refractivity contribution in [2.24, 2.45) is 11.1 Å². The molecular formula is C21H29N3O3. The molecule has 1 saturated heterocycles. The second kappa shape index (κ2) is 6.82. The Balaban J connectivity index is 1.44. The highest BCUT2D eigenvalue weighted by atomic mass is 16.4. The molecule has 3 N–H and O–H groups in total. The lowest BCUT2D eigenvalue weighted by atomic mass is 9.57. The Labute approximate surface area is 160 Å². The Bertz CT molecular complexity index is 706. The van der Waals surface area contributed by atoms with Crippen LogP contribution in [0, 0.1) is 5.41 Å². The molecule has 27 heavy (non-hydrogen) atoms. The Kier molecular flexibility index (Phi) is 4.62. The molecule has 1 aromatic rings. The van der Waals surface area contributed by atoms with Gasteiger partial charge in [-0.1, -0.05) is 12.1 Å². The molecule has 2 bridgehead atoms. The number of carbonyl (C=O) groups is 2. The van der Waals surface area contributed by atoms with Gasteiger partial charge in [0.2, 0.25) is 0 Å². The Hall–Kier alpha value is -2.08. The van der Waals surface area contributed by atoms with E-state index >= 15 is 0 Å². The van der Waals surface area contributed by atoms with Gasteiger partial charge in [-0.05, 0) is 74.6 Å². The summed E-state index contributed by atoms with van der Waals surface area (Å²) >= 11 is 0. The van der Waals surface area contributed by atoms with Crippen molar-refractivity contribution in [3.8, 4) is 0 Å². The van der Waals surface area contributed by atoms with Crippen LogP contribution in [0.1, 0.15) is 50.5 Å². The van der Waals surface area contributed by atoms with E-state index in [1.165, 1.54) is 0 Å². The number of aliphatic carboxylic acids is 1. The average Bonchev–Trinajstić information content (AvgIpc) is 3.10. The summed E-state index contributed by atoms with van der Waals surface area (Å²) in [5.41, 5.74) is 8.28.